The largest absolute Gasteiger partial charge is 0.482 e. The van der Waals surface area contributed by atoms with Crippen molar-refractivity contribution in [1.29, 1.82) is 0 Å². The van der Waals surface area contributed by atoms with Gasteiger partial charge < -0.3 is 10.1 Å². The van der Waals surface area contributed by atoms with Crippen LogP contribution in [0.3, 0.4) is 0 Å². The fourth-order valence-corrected chi connectivity index (χ4v) is 4.25. The zero-order chi connectivity index (χ0) is 23.6. The molecular weight excluding hydrogens is 456 g/mol. The minimum absolute atomic E-state index is 0.0666. The summed E-state index contributed by atoms with van der Waals surface area (Å²) in [5.41, 5.74) is 0.155. The number of sulfonamides is 1. The molecule has 1 aliphatic rings. The third-order valence-corrected chi connectivity index (χ3v) is 6.10. The number of carbonyl (C=O) groups excluding carboxylic acids is 2. The Morgan fingerprint density at radius 1 is 1.03 bits per heavy atom. The van der Waals surface area contributed by atoms with Gasteiger partial charge in [-0.1, -0.05) is 18.2 Å². The lowest BCUT2D eigenvalue weighted by Gasteiger charge is -2.29. The minimum atomic E-state index is -4.00. The molecule has 0 saturated heterocycles. The Morgan fingerprint density at radius 3 is 2.52 bits per heavy atom. The number of nitrogens with zero attached hydrogens (tertiary/aromatic N) is 1. The maximum absolute atomic E-state index is 13.8. The second kappa shape index (κ2) is 8.87. The summed E-state index contributed by atoms with van der Waals surface area (Å²) in [6.45, 7) is -0.902. The number of hydrogen-bond acceptors (Lipinski definition) is 5. The van der Waals surface area contributed by atoms with Gasteiger partial charge in [0.2, 0.25) is 5.91 Å². The maximum Gasteiger partial charge on any atom is 0.265 e. The fraction of sp³-hybridized carbons (Fsp3) is 0.0909. The van der Waals surface area contributed by atoms with Crippen LogP contribution in [0, 0.1) is 11.6 Å². The van der Waals surface area contributed by atoms with Gasteiger partial charge in [0.25, 0.3) is 15.9 Å². The number of benzene rings is 3. The second-order valence-corrected chi connectivity index (χ2v) is 8.72. The van der Waals surface area contributed by atoms with Crippen molar-refractivity contribution >= 4 is 38.9 Å². The van der Waals surface area contributed by atoms with E-state index in [1.165, 1.54) is 18.2 Å². The zero-order valence-electron chi connectivity index (χ0n) is 16.9. The second-order valence-electron chi connectivity index (χ2n) is 7.04. The SMILES string of the molecule is O=C(CN1C(=O)COc2ccc(S(=O)(=O)Nc3ccccc3)cc21)Nc1ccc(F)cc1F. The number of halogens is 2. The average Bonchev–Trinajstić information content (AvgIpc) is 2.78. The van der Waals surface area contributed by atoms with Gasteiger partial charge in [-0.15, -0.1) is 0 Å². The van der Waals surface area contributed by atoms with Crippen molar-refractivity contribution in [3.63, 3.8) is 0 Å². The molecular formula is C22H17F2N3O5S. The van der Waals surface area contributed by atoms with E-state index in [1.54, 1.807) is 30.3 Å². The molecule has 0 unspecified atom stereocenters. The van der Waals surface area contributed by atoms with Crippen LogP contribution in [-0.2, 0) is 19.6 Å². The molecule has 0 saturated carbocycles. The van der Waals surface area contributed by atoms with Crippen LogP contribution in [0.15, 0.2) is 71.6 Å². The van der Waals surface area contributed by atoms with E-state index in [-0.39, 0.29) is 28.6 Å². The van der Waals surface area contributed by atoms with Crippen LogP contribution in [0.25, 0.3) is 0 Å². The summed E-state index contributed by atoms with van der Waals surface area (Å²) in [7, 11) is -4.00. The third-order valence-electron chi connectivity index (χ3n) is 4.72. The molecule has 1 heterocycles. The predicted molar refractivity (Wildman–Crippen MR) is 117 cm³/mol. The smallest absolute Gasteiger partial charge is 0.265 e. The molecule has 33 heavy (non-hydrogen) atoms. The number of rotatable bonds is 6. The van der Waals surface area contributed by atoms with Crippen LogP contribution in [0.2, 0.25) is 0 Å². The molecule has 3 aromatic carbocycles. The monoisotopic (exact) mass is 473 g/mol. The molecule has 8 nitrogen and oxygen atoms in total. The molecule has 0 spiro atoms. The highest BCUT2D eigenvalue weighted by Gasteiger charge is 2.29. The third kappa shape index (κ3) is 4.93. The van der Waals surface area contributed by atoms with Gasteiger partial charge in [0.05, 0.1) is 16.3 Å². The summed E-state index contributed by atoms with van der Waals surface area (Å²) >= 11 is 0. The van der Waals surface area contributed by atoms with E-state index >= 15 is 0 Å². The van der Waals surface area contributed by atoms with Crippen molar-refractivity contribution in [2.24, 2.45) is 0 Å². The number of para-hydroxylation sites is 1. The van der Waals surface area contributed by atoms with Crippen molar-refractivity contribution in [2.75, 3.05) is 28.1 Å². The molecule has 2 N–H and O–H groups in total. The number of amides is 2. The summed E-state index contributed by atoms with van der Waals surface area (Å²) in [5.74, 6) is -2.94. The Bertz CT molecular complexity index is 1330. The van der Waals surface area contributed by atoms with Gasteiger partial charge in [0.1, 0.15) is 23.9 Å². The molecule has 0 bridgehead atoms. The lowest BCUT2D eigenvalue weighted by Crippen LogP contribution is -2.43. The molecule has 0 radical (unpaired) electrons. The number of carbonyl (C=O) groups is 2. The van der Waals surface area contributed by atoms with Crippen LogP contribution in [0.1, 0.15) is 0 Å². The average molecular weight is 473 g/mol. The molecule has 170 valence electrons. The van der Waals surface area contributed by atoms with E-state index < -0.39 is 40.0 Å². The number of nitrogens with one attached hydrogen (secondary N) is 2. The van der Waals surface area contributed by atoms with Gasteiger partial charge in [-0.2, -0.15) is 0 Å². The van der Waals surface area contributed by atoms with Gasteiger partial charge in [0, 0.05) is 11.8 Å². The Balaban J connectivity index is 1.59. The molecule has 2 amide bonds. The van der Waals surface area contributed by atoms with Gasteiger partial charge in [0.15, 0.2) is 6.61 Å². The van der Waals surface area contributed by atoms with E-state index in [0.717, 1.165) is 17.0 Å². The number of fused-ring (bicyclic) bond motifs is 1. The molecule has 11 heteroatoms. The van der Waals surface area contributed by atoms with Gasteiger partial charge in [-0.3, -0.25) is 19.2 Å². The lowest BCUT2D eigenvalue weighted by atomic mass is 10.2. The number of anilines is 3. The Hall–Kier alpha value is -3.99. The molecule has 1 aliphatic heterocycles. The van der Waals surface area contributed by atoms with Crippen molar-refractivity contribution in [2.45, 2.75) is 4.90 Å². The summed E-state index contributed by atoms with van der Waals surface area (Å²) in [5, 5.41) is 2.27. The van der Waals surface area contributed by atoms with Crippen LogP contribution >= 0.6 is 0 Å². The maximum atomic E-state index is 13.8. The van der Waals surface area contributed by atoms with Crippen molar-refractivity contribution < 1.29 is 31.5 Å². The summed E-state index contributed by atoms with van der Waals surface area (Å²) in [6, 6.07) is 14.8. The van der Waals surface area contributed by atoms with Gasteiger partial charge in [-0.25, -0.2) is 17.2 Å². The topological polar surface area (TPSA) is 105 Å². The first-order valence-corrected chi connectivity index (χ1v) is 11.1. The first-order chi connectivity index (χ1) is 15.7. The van der Waals surface area contributed by atoms with Crippen molar-refractivity contribution in [3.8, 4) is 5.75 Å². The van der Waals surface area contributed by atoms with Crippen LogP contribution < -0.4 is 19.7 Å². The Morgan fingerprint density at radius 2 is 1.79 bits per heavy atom. The van der Waals surface area contributed by atoms with Crippen molar-refractivity contribution in [1.82, 2.24) is 0 Å². The molecule has 0 aromatic heterocycles. The normalized spacial score (nSPS) is 13.2. The number of ether oxygens (including phenoxy) is 1. The summed E-state index contributed by atoms with van der Waals surface area (Å²) in [6.07, 6.45) is 0. The van der Waals surface area contributed by atoms with E-state index in [1.807, 2.05) is 0 Å². The standard InChI is InChI=1S/C22H17F2N3O5S/c23-14-6-8-18(17(24)10-14)25-21(28)12-27-19-11-16(7-9-20(19)32-13-22(27)29)33(30,31)26-15-4-2-1-3-5-15/h1-11,26H,12-13H2,(H,25,28). The molecule has 0 aliphatic carbocycles. The van der Waals surface area contributed by atoms with Crippen molar-refractivity contribution in [3.05, 3.63) is 78.4 Å². The van der Waals surface area contributed by atoms with E-state index in [4.69, 9.17) is 4.74 Å². The van der Waals surface area contributed by atoms with E-state index in [2.05, 4.69) is 10.0 Å². The first kappa shape index (κ1) is 22.2. The minimum Gasteiger partial charge on any atom is -0.482 e. The highest BCUT2D eigenvalue weighted by molar-refractivity contribution is 7.92. The number of hydrogen-bond donors (Lipinski definition) is 2. The van der Waals surface area contributed by atoms with E-state index in [9.17, 15) is 26.8 Å². The Labute approximate surface area is 187 Å². The van der Waals surface area contributed by atoms with Crippen LogP contribution in [0.5, 0.6) is 5.75 Å². The van der Waals surface area contributed by atoms with Gasteiger partial charge >= 0.3 is 0 Å². The fourth-order valence-electron chi connectivity index (χ4n) is 3.17. The predicted octanol–water partition coefficient (Wildman–Crippen LogP) is 3.13. The zero-order valence-corrected chi connectivity index (χ0v) is 17.7. The highest BCUT2D eigenvalue weighted by Crippen LogP contribution is 2.34. The molecule has 0 fully saturated rings. The highest BCUT2D eigenvalue weighted by atomic mass is 32.2. The molecule has 4 rings (SSSR count). The first-order valence-electron chi connectivity index (χ1n) is 9.63. The van der Waals surface area contributed by atoms with E-state index in [0.29, 0.717) is 11.8 Å². The van der Waals surface area contributed by atoms with Crippen LogP contribution in [0.4, 0.5) is 25.8 Å². The summed E-state index contributed by atoms with van der Waals surface area (Å²) in [4.78, 5) is 25.8. The molecule has 3 aromatic rings. The summed E-state index contributed by atoms with van der Waals surface area (Å²) < 4.78 is 60.3. The quantitative estimate of drug-likeness (QED) is 0.573. The molecule has 0 atom stereocenters. The Kier molecular flexibility index (Phi) is 5.97. The lowest BCUT2D eigenvalue weighted by molar-refractivity contribution is -0.123. The van der Waals surface area contributed by atoms with Gasteiger partial charge in [-0.05, 0) is 42.5 Å². The van der Waals surface area contributed by atoms with Crippen LogP contribution in [-0.4, -0.2) is 33.4 Å².